The van der Waals surface area contributed by atoms with Crippen LogP contribution >= 0.6 is 0 Å². The van der Waals surface area contributed by atoms with Gasteiger partial charge in [0, 0.05) is 20.1 Å². The maximum Gasteiger partial charge on any atom is 0.236 e. The summed E-state index contributed by atoms with van der Waals surface area (Å²) in [5.41, 5.74) is 1.23. The van der Waals surface area contributed by atoms with Crippen molar-refractivity contribution in [3.05, 3.63) is 29.8 Å². The topological polar surface area (TPSA) is 41.6 Å². The van der Waals surface area contributed by atoms with Crippen LogP contribution in [0, 0.1) is 0 Å². The second-order valence-electron chi connectivity index (χ2n) is 5.02. The fourth-order valence-corrected chi connectivity index (χ4v) is 1.78. The van der Waals surface area contributed by atoms with Gasteiger partial charge in [-0.1, -0.05) is 19.1 Å². The van der Waals surface area contributed by atoms with Crippen LogP contribution in [0.25, 0.3) is 0 Å². The Labute approximate surface area is 115 Å². The highest BCUT2D eigenvalue weighted by Crippen LogP contribution is 2.21. The molecule has 0 bridgehead atoms. The first-order valence-electron chi connectivity index (χ1n) is 6.53. The first-order valence-corrected chi connectivity index (χ1v) is 6.53. The molecule has 1 rings (SSSR count). The van der Waals surface area contributed by atoms with Crippen LogP contribution < -0.4 is 10.1 Å². The Morgan fingerprint density at radius 3 is 2.32 bits per heavy atom. The van der Waals surface area contributed by atoms with Crippen LogP contribution in [-0.2, 0) is 4.79 Å². The standard InChI is InChI=1S/C15H24N2O2/c1-11(12(2)16-10-15(18)17(3)4)13-6-8-14(19-5)9-7-13/h6-9,11-12,16H,10H2,1-5H3/t11-,12+/m1/s1. The van der Waals surface area contributed by atoms with Crippen molar-refractivity contribution in [3.63, 3.8) is 0 Å². The fourth-order valence-electron chi connectivity index (χ4n) is 1.78. The van der Waals surface area contributed by atoms with E-state index >= 15 is 0 Å². The van der Waals surface area contributed by atoms with Crippen LogP contribution in [0.1, 0.15) is 25.3 Å². The minimum Gasteiger partial charge on any atom is -0.497 e. The van der Waals surface area contributed by atoms with E-state index in [4.69, 9.17) is 4.74 Å². The number of ether oxygens (including phenoxy) is 1. The van der Waals surface area contributed by atoms with E-state index < -0.39 is 0 Å². The van der Waals surface area contributed by atoms with Gasteiger partial charge in [-0.2, -0.15) is 0 Å². The highest BCUT2D eigenvalue weighted by atomic mass is 16.5. The Bertz CT molecular complexity index is 401. The molecule has 0 radical (unpaired) electrons. The molecule has 4 nitrogen and oxygen atoms in total. The summed E-state index contributed by atoms with van der Waals surface area (Å²) >= 11 is 0. The number of nitrogens with zero attached hydrogens (tertiary/aromatic N) is 1. The number of carbonyl (C=O) groups excluding carboxylic acids is 1. The molecular weight excluding hydrogens is 240 g/mol. The molecule has 1 aromatic carbocycles. The third kappa shape index (κ3) is 4.56. The molecule has 106 valence electrons. The van der Waals surface area contributed by atoms with Crippen molar-refractivity contribution in [2.45, 2.75) is 25.8 Å². The van der Waals surface area contributed by atoms with E-state index in [0.717, 1.165) is 5.75 Å². The molecule has 1 amide bonds. The summed E-state index contributed by atoms with van der Waals surface area (Å²) in [6.07, 6.45) is 0. The van der Waals surface area contributed by atoms with E-state index in [1.807, 2.05) is 12.1 Å². The van der Waals surface area contributed by atoms with Crippen LogP contribution in [0.3, 0.4) is 0 Å². The molecule has 0 fully saturated rings. The predicted molar refractivity (Wildman–Crippen MR) is 77.6 cm³/mol. The van der Waals surface area contributed by atoms with Gasteiger partial charge in [-0.05, 0) is 30.5 Å². The molecule has 0 unspecified atom stereocenters. The average Bonchev–Trinajstić information content (AvgIpc) is 2.43. The van der Waals surface area contributed by atoms with E-state index in [-0.39, 0.29) is 11.9 Å². The lowest BCUT2D eigenvalue weighted by Gasteiger charge is -2.22. The number of rotatable bonds is 6. The van der Waals surface area contributed by atoms with Crippen LogP contribution in [0.4, 0.5) is 0 Å². The van der Waals surface area contributed by atoms with Crippen molar-refractivity contribution in [2.24, 2.45) is 0 Å². The van der Waals surface area contributed by atoms with Gasteiger partial charge in [-0.15, -0.1) is 0 Å². The maximum absolute atomic E-state index is 11.5. The first-order chi connectivity index (χ1) is 8.95. The van der Waals surface area contributed by atoms with Gasteiger partial charge in [-0.25, -0.2) is 0 Å². The second-order valence-corrected chi connectivity index (χ2v) is 5.02. The molecular formula is C15H24N2O2. The molecule has 0 aliphatic carbocycles. The second kappa shape index (κ2) is 7.14. The largest absolute Gasteiger partial charge is 0.497 e. The summed E-state index contributed by atoms with van der Waals surface area (Å²) in [7, 11) is 5.19. The number of likely N-dealkylation sites (N-methyl/N-ethyl adjacent to an activating group) is 1. The van der Waals surface area contributed by atoms with Gasteiger partial charge in [-0.3, -0.25) is 4.79 Å². The molecule has 0 heterocycles. The van der Waals surface area contributed by atoms with Gasteiger partial charge in [0.2, 0.25) is 5.91 Å². The Morgan fingerprint density at radius 1 is 1.26 bits per heavy atom. The van der Waals surface area contributed by atoms with Crippen LogP contribution in [0.15, 0.2) is 24.3 Å². The molecule has 0 aliphatic heterocycles. The fraction of sp³-hybridized carbons (Fsp3) is 0.533. The number of carbonyl (C=O) groups is 1. The number of hydrogen-bond donors (Lipinski definition) is 1. The molecule has 0 spiro atoms. The van der Waals surface area contributed by atoms with Crippen LogP contribution in [0.2, 0.25) is 0 Å². The van der Waals surface area contributed by atoms with E-state index in [2.05, 4.69) is 31.3 Å². The minimum absolute atomic E-state index is 0.0915. The molecule has 4 heteroatoms. The van der Waals surface area contributed by atoms with E-state index in [1.54, 1.807) is 26.1 Å². The van der Waals surface area contributed by atoms with Crippen LogP contribution in [-0.4, -0.2) is 44.6 Å². The lowest BCUT2D eigenvalue weighted by molar-refractivity contribution is -0.127. The normalized spacial score (nSPS) is 13.7. The summed E-state index contributed by atoms with van der Waals surface area (Å²) in [6, 6.07) is 8.29. The van der Waals surface area contributed by atoms with E-state index in [9.17, 15) is 4.79 Å². The highest BCUT2D eigenvalue weighted by Gasteiger charge is 2.15. The lowest BCUT2D eigenvalue weighted by atomic mass is 9.94. The summed E-state index contributed by atoms with van der Waals surface area (Å²) < 4.78 is 5.15. The Kier molecular flexibility index (Phi) is 5.83. The van der Waals surface area contributed by atoms with Crippen molar-refractivity contribution < 1.29 is 9.53 Å². The Balaban J connectivity index is 2.55. The molecule has 0 saturated carbocycles. The van der Waals surface area contributed by atoms with Gasteiger partial charge in [0.15, 0.2) is 0 Å². The molecule has 19 heavy (non-hydrogen) atoms. The quantitative estimate of drug-likeness (QED) is 0.853. The summed E-state index contributed by atoms with van der Waals surface area (Å²) in [4.78, 5) is 13.1. The van der Waals surface area contributed by atoms with Gasteiger partial charge in [0.05, 0.1) is 13.7 Å². The molecule has 0 aliphatic rings. The molecule has 2 atom stereocenters. The number of methoxy groups -OCH3 is 1. The van der Waals surface area contributed by atoms with Gasteiger partial charge < -0.3 is 15.0 Å². The first kappa shape index (κ1) is 15.5. The monoisotopic (exact) mass is 264 g/mol. The lowest BCUT2D eigenvalue weighted by Crippen LogP contribution is -2.39. The molecule has 0 saturated heterocycles. The zero-order valence-electron chi connectivity index (χ0n) is 12.4. The summed E-state index contributed by atoms with van der Waals surface area (Å²) in [5, 5.41) is 3.27. The Morgan fingerprint density at radius 2 is 1.84 bits per heavy atom. The zero-order valence-corrected chi connectivity index (χ0v) is 12.4. The van der Waals surface area contributed by atoms with Crippen molar-refractivity contribution in [1.29, 1.82) is 0 Å². The Hall–Kier alpha value is -1.55. The number of nitrogens with one attached hydrogen (secondary N) is 1. The smallest absolute Gasteiger partial charge is 0.236 e. The van der Waals surface area contributed by atoms with Crippen molar-refractivity contribution >= 4 is 5.91 Å². The SMILES string of the molecule is COc1ccc([C@H](C)[C@H](C)NCC(=O)N(C)C)cc1. The molecule has 1 aromatic rings. The summed E-state index contributed by atoms with van der Waals surface area (Å²) in [6.45, 7) is 4.62. The maximum atomic E-state index is 11.5. The van der Waals surface area contributed by atoms with Crippen LogP contribution in [0.5, 0.6) is 5.75 Å². The molecule has 0 aromatic heterocycles. The van der Waals surface area contributed by atoms with E-state index in [1.165, 1.54) is 5.56 Å². The third-order valence-electron chi connectivity index (χ3n) is 3.47. The minimum atomic E-state index is 0.0915. The van der Waals surface area contributed by atoms with E-state index in [0.29, 0.717) is 12.5 Å². The van der Waals surface area contributed by atoms with Crippen molar-refractivity contribution in [2.75, 3.05) is 27.7 Å². The average molecular weight is 264 g/mol. The molecule has 1 N–H and O–H groups in total. The predicted octanol–water partition coefficient (Wildman–Crippen LogP) is 1.86. The van der Waals surface area contributed by atoms with Crippen molar-refractivity contribution in [3.8, 4) is 5.75 Å². The highest BCUT2D eigenvalue weighted by molar-refractivity contribution is 5.77. The van der Waals surface area contributed by atoms with Gasteiger partial charge in [0.1, 0.15) is 5.75 Å². The van der Waals surface area contributed by atoms with Gasteiger partial charge >= 0.3 is 0 Å². The van der Waals surface area contributed by atoms with Gasteiger partial charge in [0.25, 0.3) is 0 Å². The third-order valence-corrected chi connectivity index (χ3v) is 3.47. The number of amides is 1. The zero-order chi connectivity index (χ0) is 14.4. The number of benzene rings is 1. The van der Waals surface area contributed by atoms with Crippen molar-refractivity contribution in [1.82, 2.24) is 10.2 Å². The number of hydrogen-bond acceptors (Lipinski definition) is 3. The summed E-state index contributed by atoms with van der Waals surface area (Å²) in [5.74, 6) is 1.29.